The number of Topliss-reactive ketones (excluding diaryl/α,β-unsaturated/α-hetero) is 1. The van der Waals surface area contributed by atoms with E-state index in [1.54, 1.807) is 30.3 Å². The van der Waals surface area contributed by atoms with Gasteiger partial charge in [0.15, 0.2) is 0 Å². The van der Waals surface area contributed by atoms with Gasteiger partial charge in [0.05, 0.1) is 13.2 Å². The minimum Gasteiger partial charge on any atom is -0.468 e. The zero-order chi connectivity index (χ0) is 12.1. The van der Waals surface area contributed by atoms with E-state index in [4.69, 9.17) is 0 Å². The van der Waals surface area contributed by atoms with Crippen molar-refractivity contribution in [3.8, 4) is 0 Å². The quantitative estimate of drug-likeness (QED) is 0.612. The molecule has 0 aliphatic carbocycles. The molecule has 1 aromatic rings. The van der Waals surface area contributed by atoms with E-state index in [0.29, 0.717) is 5.56 Å². The molecule has 2 atom stereocenters. The van der Waals surface area contributed by atoms with Crippen LogP contribution in [0.25, 0.3) is 0 Å². The van der Waals surface area contributed by atoms with Crippen molar-refractivity contribution in [1.29, 1.82) is 0 Å². The SMILES string of the molecule is COC(=O)C(C(C)=O)C(O)c1ccccc1. The molecule has 0 spiro atoms. The molecule has 1 aromatic carbocycles. The summed E-state index contributed by atoms with van der Waals surface area (Å²) in [6, 6.07) is 8.56. The van der Waals surface area contributed by atoms with Gasteiger partial charge < -0.3 is 9.84 Å². The molecule has 0 radical (unpaired) electrons. The fourth-order valence-corrected chi connectivity index (χ4v) is 1.49. The summed E-state index contributed by atoms with van der Waals surface area (Å²) in [6.45, 7) is 1.26. The standard InChI is InChI=1S/C12H14O4/c1-8(13)10(12(15)16-2)11(14)9-6-4-3-5-7-9/h3-7,10-11,14H,1-2H3. The molecule has 16 heavy (non-hydrogen) atoms. The van der Waals surface area contributed by atoms with Gasteiger partial charge in [0.2, 0.25) is 0 Å². The number of aliphatic hydroxyl groups excluding tert-OH is 1. The van der Waals surface area contributed by atoms with Gasteiger partial charge in [-0.2, -0.15) is 0 Å². The summed E-state index contributed by atoms with van der Waals surface area (Å²) in [5.41, 5.74) is 0.521. The van der Waals surface area contributed by atoms with E-state index in [1.165, 1.54) is 14.0 Å². The number of carbonyl (C=O) groups is 2. The summed E-state index contributed by atoms with van der Waals surface area (Å²) < 4.78 is 4.50. The first kappa shape index (κ1) is 12.4. The summed E-state index contributed by atoms with van der Waals surface area (Å²) in [4.78, 5) is 22.7. The van der Waals surface area contributed by atoms with Crippen LogP contribution in [0.1, 0.15) is 18.6 Å². The van der Waals surface area contributed by atoms with Crippen LogP contribution < -0.4 is 0 Å². The number of ketones is 1. The van der Waals surface area contributed by atoms with Crippen molar-refractivity contribution in [2.24, 2.45) is 5.92 Å². The molecular formula is C12H14O4. The van der Waals surface area contributed by atoms with Gasteiger partial charge in [-0.3, -0.25) is 9.59 Å². The molecule has 0 saturated carbocycles. The number of esters is 1. The molecule has 0 saturated heterocycles. The number of rotatable bonds is 4. The number of aliphatic hydroxyl groups is 1. The highest BCUT2D eigenvalue weighted by atomic mass is 16.5. The Morgan fingerprint density at radius 2 is 1.81 bits per heavy atom. The van der Waals surface area contributed by atoms with Crippen molar-refractivity contribution >= 4 is 11.8 Å². The Hall–Kier alpha value is -1.68. The van der Waals surface area contributed by atoms with Crippen LogP contribution in [-0.4, -0.2) is 24.0 Å². The number of hydrogen-bond donors (Lipinski definition) is 1. The summed E-state index contributed by atoms with van der Waals surface area (Å²) in [5.74, 6) is -2.29. The zero-order valence-electron chi connectivity index (χ0n) is 9.21. The molecule has 86 valence electrons. The van der Waals surface area contributed by atoms with Crippen molar-refractivity contribution in [2.75, 3.05) is 7.11 Å². The molecule has 1 N–H and O–H groups in total. The Morgan fingerprint density at radius 3 is 2.25 bits per heavy atom. The van der Waals surface area contributed by atoms with E-state index in [1.807, 2.05) is 0 Å². The predicted molar refractivity (Wildman–Crippen MR) is 57.6 cm³/mol. The second-order valence-electron chi connectivity index (χ2n) is 3.47. The Bertz CT molecular complexity index is 372. The van der Waals surface area contributed by atoms with Crippen molar-refractivity contribution < 1.29 is 19.4 Å². The Kier molecular flexibility index (Phi) is 4.19. The first-order valence-electron chi connectivity index (χ1n) is 4.89. The Labute approximate surface area is 93.9 Å². The summed E-state index contributed by atoms with van der Waals surface area (Å²) in [6.07, 6.45) is -1.16. The van der Waals surface area contributed by atoms with Crippen molar-refractivity contribution in [1.82, 2.24) is 0 Å². The highest BCUT2D eigenvalue weighted by Gasteiger charge is 2.32. The van der Waals surface area contributed by atoms with Crippen LogP contribution in [0.3, 0.4) is 0 Å². The van der Waals surface area contributed by atoms with Gasteiger partial charge in [-0.15, -0.1) is 0 Å². The fourth-order valence-electron chi connectivity index (χ4n) is 1.49. The van der Waals surface area contributed by atoms with Crippen molar-refractivity contribution in [3.05, 3.63) is 35.9 Å². The molecule has 0 heterocycles. The maximum absolute atomic E-state index is 11.4. The lowest BCUT2D eigenvalue weighted by molar-refractivity contribution is -0.153. The Morgan fingerprint density at radius 1 is 1.25 bits per heavy atom. The van der Waals surface area contributed by atoms with E-state index < -0.39 is 23.8 Å². The minimum atomic E-state index is -1.16. The van der Waals surface area contributed by atoms with E-state index in [2.05, 4.69) is 4.74 Å². The minimum absolute atomic E-state index is 0.414. The molecule has 0 aliphatic heterocycles. The molecule has 0 aromatic heterocycles. The molecular weight excluding hydrogens is 208 g/mol. The van der Waals surface area contributed by atoms with Gasteiger partial charge in [0.25, 0.3) is 0 Å². The van der Waals surface area contributed by atoms with Crippen LogP contribution in [0, 0.1) is 5.92 Å². The average Bonchev–Trinajstić information content (AvgIpc) is 2.29. The van der Waals surface area contributed by atoms with E-state index in [9.17, 15) is 14.7 Å². The molecule has 0 fully saturated rings. The van der Waals surface area contributed by atoms with Crippen molar-refractivity contribution in [3.63, 3.8) is 0 Å². The van der Waals surface area contributed by atoms with E-state index in [0.717, 1.165) is 0 Å². The number of hydrogen-bond acceptors (Lipinski definition) is 4. The fraction of sp³-hybridized carbons (Fsp3) is 0.333. The number of ether oxygens (including phenoxy) is 1. The molecule has 0 bridgehead atoms. The number of benzene rings is 1. The second-order valence-corrected chi connectivity index (χ2v) is 3.47. The highest BCUT2D eigenvalue weighted by Crippen LogP contribution is 2.23. The molecule has 0 aliphatic rings. The second kappa shape index (κ2) is 5.42. The average molecular weight is 222 g/mol. The predicted octanol–water partition coefficient (Wildman–Crippen LogP) is 1.10. The number of carbonyl (C=O) groups excluding carboxylic acids is 2. The first-order chi connectivity index (χ1) is 7.57. The third-order valence-corrected chi connectivity index (χ3v) is 2.35. The van der Waals surface area contributed by atoms with E-state index >= 15 is 0 Å². The van der Waals surface area contributed by atoms with Crippen LogP contribution in [0.2, 0.25) is 0 Å². The van der Waals surface area contributed by atoms with Gasteiger partial charge in [-0.25, -0.2) is 0 Å². The molecule has 4 heteroatoms. The summed E-state index contributed by atoms with van der Waals surface area (Å²) >= 11 is 0. The largest absolute Gasteiger partial charge is 0.468 e. The lowest BCUT2D eigenvalue weighted by Gasteiger charge is -2.18. The normalized spacial score (nSPS) is 13.9. The lowest BCUT2D eigenvalue weighted by atomic mass is 9.93. The monoisotopic (exact) mass is 222 g/mol. The molecule has 1 rings (SSSR count). The third-order valence-electron chi connectivity index (χ3n) is 2.35. The Balaban J connectivity index is 2.96. The van der Waals surface area contributed by atoms with Gasteiger partial charge in [0, 0.05) is 0 Å². The summed E-state index contributed by atoms with van der Waals surface area (Å²) in [5, 5.41) is 9.93. The topological polar surface area (TPSA) is 63.6 Å². The maximum atomic E-state index is 11.4. The number of methoxy groups -OCH3 is 1. The summed E-state index contributed by atoms with van der Waals surface area (Å²) in [7, 11) is 1.19. The first-order valence-corrected chi connectivity index (χ1v) is 4.89. The zero-order valence-corrected chi connectivity index (χ0v) is 9.21. The van der Waals surface area contributed by atoms with Gasteiger partial charge in [0.1, 0.15) is 11.7 Å². The van der Waals surface area contributed by atoms with Gasteiger partial charge in [-0.1, -0.05) is 30.3 Å². The molecule has 4 nitrogen and oxygen atoms in total. The van der Waals surface area contributed by atoms with Crippen molar-refractivity contribution in [2.45, 2.75) is 13.0 Å². The molecule has 0 amide bonds. The molecule has 2 unspecified atom stereocenters. The lowest BCUT2D eigenvalue weighted by Crippen LogP contribution is -2.29. The highest BCUT2D eigenvalue weighted by molar-refractivity contribution is 5.98. The van der Waals surface area contributed by atoms with Gasteiger partial charge in [-0.05, 0) is 12.5 Å². The van der Waals surface area contributed by atoms with Crippen LogP contribution >= 0.6 is 0 Å². The third kappa shape index (κ3) is 2.67. The smallest absolute Gasteiger partial charge is 0.319 e. The van der Waals surface area contributed by atoms with Crippen LogP contribution in [0.5, 0.6) is 0 Å². The van der Waals surface area contributed by atoms with Crippen LogP contribution in [0.4, 0.5) is 0 Å². The van der Waals surface area contributed by atoms with Crippen LogP contribution in [-0.2, 0) is 14.3 Å². The van der Waals surface area contributed by atoms with Crippen LogP contribution in [0.15, 0.2) is 30.3 Å². The van der Waals surface area contributed by atoms with Gasteiger partial charge >= 0.3 is 5.97 Å². The van der Waals surface area contributed by atoms with E-state index in [-0.39, 0.29) is 0 Å². The maximum Gasteiger partial charge on any atom is 0.319 e.